The van der Waals surface area contributed by atoms with E-state index in [0.717, 1.165) is 11.5 Å². The maximum absolute atomic E-state index is 6.09. The van der Waals surface area contributed by atoms with E-state index < -0.39 is 0 Å². The molecule has 2 unspecified atom stereocenters. The van der Waals surface area contributed by atoms with Crippen molar-refractivity contribution in [1.29, 1.82) is 0 Å². The van der Waals surface area contributed by atoms with Crippen molar-refractivity contribution in [3.05, 3.63) is 73.6 Å². The minimum Gasteiger partial charge on any atom is -0.467 e. The molecule has 3 heteroatoms. The summed E-state index contributed by atoms with van der Waals surface area (Å²) in [6.45, 7) is 7.52. The lowest BCUT2D eigenvalue weighted by molar-refractivity contribution is -0.0327. The highest BCUT2D eigenvalue weighted by atomic mass is 16.5. The molecule has 100 valence electrons. The zero-order valence-electron chi connectivity index (χ0n) is 10.8. The molecule has 0 amide bonds. The van der Waals surface area contributed by atoms with Crippen LogP contribution in [0.3, 0.4) is 0 Å². The van der Waals surface area contributed by atoms with Crippen molar-refractivity contribution in [2.45, 2.75) is 25.0 Å². The molecule has 2 heterocycles. The summed E-state index contributed by atoms with van der Waals surface area (Å²) in [5.41, 5.74) is 0. The van der Waals surface area contributed by atoms with Gasteiger partial charge >= 0.3 is 0 Å². The molecule has 0 saturated carbocycles. The molecular weight excluding hydrogens is 240 g/mol. The summed E-state index contributed by atoms with van der Waals surface area (Å²) in [7, 11) is 0. The van der Waals surface area contributed by atoms with E-state index in [1.807, 2.05) is 36.4 Å². The van der Waals surface area contributed by atoms with Gasteiger partial charge in [-0.05, 0) is 37.1 Å². The smallest absolute Gasteiger partial charge is 0.132 e. The molecule has 0 saturated heterocycles. The minimum absolute atomic E-state index is 0.164. The van der Waals surface area contributed by atoms with Gasteiger partial charge in [-0.2, -0.15) is 0 Å². The summed E-state index contributed by atoms with van der Waals surface area (Å²) in [4.78, 5) is 0. The Balaban J connectivity index is 2.13. The van der Waals surface area contributed by atoms with Gasteiger partial charge in [-0.25, -0.2) is 0 Å². The van der Waals surface area contributed by atoms with Crippen LogP contribution in [0.4, 0.5) is 0 Å². The Kier molecular flexibility index (Phi) is 4.81. The fourth-order valence-corrected chi connectivity index (χ4v) is 1.93. The third kappa shape index (κ3) is 3.48. The predicted molar refractivity (Wildman–Crippen MR) is 73.6 cm³/mol. The van der Waals surface area contributed by atoms with E-state index in [4.69, 9.17) is 13.6 Å². The van der Waals surface area contributed by atoms with E-state index in [9.17, 15) is 0 Å². The van der Waals surface area contributed by atoms with Crippen LogP contribution in [-0.4, -0.2) is 0 Å². The maximum atomic E-state index is 6.09. The van der Waals surface area contributed by atoms with Gasteiger partial charge in [-0.1, -0.05) is 12.2 Å². The molecule has 0 aliphatic heterocycles. The van der Waals surface area contributed by atoms with E-state index in [2.05, 4.69) is 13.2 Å². The van der Waals surface area contributed by atoms with Gasteiger partial charge in [0.1, 0.15) is 23.7 Å². The molecule has 0 spiro atoms. The monoisotopic (exact) mass is 258 g/mol. The number of hydrogen-bond donors (Lipinski definition) is 0. The molecule has 3 nitrogen and oxygen atoms in total. The first kappa shape index (κ1) is 13.4. The molecule has 0 fully saturated rings. The van der Waals surface area contributed by atoms with Crippen molar-refractivity contribution in [3.8, 4) is 0 Å². The van der Waals surface area contributed by atoms with Crippen LogP contribution in [0.25, 0.3) is 0 Å². The second kappa shape index (κ2) is 6.81. The van der Waals surface area contributed by atoms with Crippen molar-refractivity contribution in [3.63, 3.8) is 0 Å². The van der Waals surface area contributed by atoms with Crippen molar-refractivity contribution in [1.82, 2.24) is 0 Å². The highest BCUT2D eigenvalue weighted by molar-refractivity contribution is 5.07. The van der Waals surface area contributed by atoms with Gasteiger partial charge in [0.05, 0.1) is 12.5 Å². The third-order valence-electron chi connectivity index (χ3n) is 2.81. The third-order valence-corrected chi connectivity index (χ3v) is 2.81. The van der Waals surface area contributed by atoms with Crippen LogP contribution in [0.1, 0.15) is 36.6 Å². The Morgan fingerprint density at radius 1 is 0.947 bits per heavy atom. The average Bonchev–Trinajstić information content (AvgIpc) is 3.10. The van der Waals surface area contributed by atoms with E-state index in [-0.39, 0.29) is 12.2 Å². The topological polar surface area (TPSA) is 35.5 Å². The molecule has 0 bridgehead atoms. The molecule has 2 aromatic rings. The molecule has 2 aromatic heterocycles. The van der Waals surface area contributed by atoms with Gasteiger partial charge in [0, 0.05) is 0 Å². The van der Waals surface area contributed by atoms with Crippen LogP contribution in [0, 0.1) is 0 Å². The molecule has 0 radical (unpaired) electrons. The minimum atomic E-state index is -0.164. The molecule has 0 aromatic carbocycles. The number of ether oxygens (including phenoxy) is 1. The van der Waals surface area contributed by atoms with E-state index in [1.165, 1.54) is 0 Å². The Morgan fingerprint density at radius 2 is 1.42 bits per heavy atom. The lowest BCUT2D eigenvalue weighted by atomic mass is 10.1. The number of hydrogen-bond acceptors (Lipinski definition) is 3. The highest BCUT2D eigenvalue weighted by Crippen LogP contribution is 2.32. The first-order valence-corrected chi connectivity index (χ1v) is 6.29. The molecule has 0 N–H and O–H groups in total. The SMILES string of the molecule is C=CCC(OC(CC=C)c1ccco1)c1ccco1. The highest BCUT2D eigenvalue weighted by Gasteiger charge is 2.21. The molecule has 0 aliphatic carbocycles. The lowest BCUT2D eigenvalue weighted by Crippen LogP contribution is -2.09. The molecule has 0 aliphatic rings. The summed E-state index contributed by atoms with van der Waals surface area (Å²) in [5, 5.41) is 0. The molecular formula is C16H18O3. The second-order valence-electron chi connectivity index (χ2n) is 4.19. The Hall–Kier alpha value is -2.00. The number of rotatable bonds is 8. The van der Waals surface area contributed by atoms with Gasteiger partial charge in [-0.3, -0.25) is 0 Å². The standard InChI is InChI=1S/C16H18O3/c1-3-7-15(13-9-5-11-17-13)19-16(8-4-2)14-10-6-12-18-14/h3-6,9-12,15-16H,1-2,7-8H2. The molecule has 2 rings (SSSR count). The van der Waals surface area contributed by atoms with Crippen molar-refractivity contribution in [2.24, 2.45) is 0 Å². The van der Waals surface area contributed by atoms with Crippen LogP contribution in [0.5, 0.6) is 0 Å². The van der Waals surface area contributed by atoms with Crippen LogP contribution in [0.15, 0.2) is 70.9 Å². The maximum Gasteiger partial charge on any atom is 0.132 e. The summed E-state index contributed by atoms with van der Waals surface area (Å²) in [6, 6.07) is 7.51. The van der Waals surface area contributed by atoms with Gasteiger partial charge in [0.25, 0.3) is 0 Å². The van der Waals surface area contributed by atoms with Crippen molar-refractivity contribution >= 4 is 0 Å². The van der Waals surface area contributed by atoms with Crippen LogP contribution in [0.2, 0.25) is 0 Å². The first-order valence-electron chi connectivity index (χ1n) is 6.29. The molecule has 2 atom stereocenters. The van der Waals surface area contributed by atoms with Gasteiger partial charge in [0.15, 0.2) is 0 Å². The van der Waals surface area contributed by atoms with E-state index in [0.29, 0.717) is 12.8 Å². The largest absolute Gasteiger partial charge is 0.467 e. The van der Waals surface area contributed by atoms with Crippen LogP contribution >= 0.6 is 0 Å². The fourth-order valence-electron chi connectivity index (χ4n) is 1.93. The second-order valence-corrected chi connectivity index (χ2v) is 4.19. The quantitative estimate of drug-likeness (QED) is 0.636. The average molecular weight is 258 g/mol. The Bertz CT molecular complexity index is 436. The molecule has 19 heavy (non-hydrogen) atoms. The Morgan fingerprint density at radius 3 is 1.74 bits per heavy atom. The van der Waals surface area contributed by atoms with E-state index >= 15 is 0 Å². The summed E-state index contributed by atoms with van der Waals surface area (Å²) < 4.78 is 16.9. The van der Waals surface area contributed by atoms with Crippen molar-refractivity contribution < 1.29 is 13.6 Å². The fraction of sp³-hybridized carbons (Fsp3) is 0.250. The number of furan rings is 2. The summed E-state index contributed by atoms with van der Waals surface area (Å²) in [5.74, 6) is 1.58. The van der Waals surface area contributed by atoms with Gasteiger partial charge < -0.3 is 13.6 Å². The Labute approximate surface area is 113 Å². The van der Waals surface area contributed by atoms with Crippen LogP contribution in [-0.2, 0) is 4.74 Å². The van der Waals surface area contributed by atoms with E-state index in [1.54, 1.807) is 12.5 Å². The zero-order chi connectivity index (χ0) is 13.5. The van der Waals surface area contributed by atoms with Crippen LogP contribution < -0.4 is 0 Å². The zero-order valence-corrected chi connectivity index (χ0v) is 10.8. The van der Waals surface area contributed by atoms with Crippen molar-refractivity contribution in [2.75, 3.05) is 0 Å². The van der Waals surface area contributed by atoms with Gasteiger partial charge in [-0.15, -0.1) is 13.2 Å². The van der Waals surface area contributed by atoms with Gasteiger partial charge in [0.2, 0.25) is 0 Å². The summed E-state index contributed by atoms with van der Waals surface area (Å²) in [6.07, 6.45) is 7.96. The summed E-state index contributed by atoms with van der Waals surface area (Å²) >= 11 is 0. The predicted octanol–water partition coefficient (Wildman–Crippen LogP) is 4.82. The lowest BCUT2D eigenvalue weighted by Gasteiger charge is -2.20. The first-order chi connectivity index (χ1) is 9.35. The normalized spacial score (nSPS) is 13.9.